The highest BCUT2D eigenvalue weighted by molar-refractivity contribution is 5.97. The summed E-state index contributed by atoms with van der Waals surface area (Å²) in [4.78, 5) is 21.9. The molecule has 1 rings (SSSR count). The molecule has 0 aliphatic heterocycles. The summed E-state index contributed by atoms with van der Waals surface area (Å²) in [6.45, 7) is 2.33. The van der Waals surface area contributed by atoms with Crippen LogP contribution in [0.3, 0.4) is 0 Å². The molecule has 3 nitrogen and oxygen atoms in total. The number of benzene rings is 1. The Kier molecular flexibility index (Phi) is 3.55. The van der Waals surface area contributed by atoms with Crippen LogP contribution < -0.4 is 5.32 Å². The predicted octanol–water partition coefficient (Wildman–Crippen LogP) is 2.87. The summed E-state index contributed by atoms with van der Waals surface area (Å²) < 4.78 is 37.6. The molecule has 0 saturated heterocycles. The summed E-state index contributed by atoms with van der Waals surface area (Å²) in [5.41, 5.74) is -1.10. The van der Waals surface area contributed by atoms with Gasteiger partial charge in [0.1, 0.15) is 0 Å². The molecule has 0 radical (unpaired) electrons. The molecule has 0 atom stereocenters. The largest absolute Gasteiger partial charge is 0.416 e. The third-order valence-corrected chi connectivity index (χ3v) is 1.99. The van der Waals surface area contributed by atoms with Crippen LogP contribution in [0.25, 0.3) is 0 Å². The molecular formula is C11H10F3NO2. The number of carbonyl (C=O) groups excluding carboxylic acids is 2. The Labute approximate surface area is 95.6 Å². The van der Waals surface area contributed by atoms with Crippen LogP contribution in [-0.4, -0.2) is 11.7 Å². The number of anilines is 1. The fraction of sp³-hybridized carbons (Fsp3) is 0.273. The summed E-state index contributed by atoms with van der Waals surface area (Å²) in [6, 6.07) is 2.75. The Balaban J connectivity index is 3.28. The zero-order chi connectivity index (χ0) is 13.2. The fourth-order valence-electron chi connectivity index (χ4n) is 1.27. The molecule has 1 N–H and O–H groups in total. The highest BCUT2D eigenvalue weighted by Gasteiger charge is 2.31. The van der Waals surface area contributed by atoms with Gasteiger partial charge in [0.2, 0.25) is 5.91 Å². The molecule has 1 amide bonds. The molecule has 0 bridgehead atoms. The maximum atomic E-state index is 12.5. The minimum absolute atomic E-state index is 0.0440. The van der Waals surface area contributed by atoms with Gasteiger partial charge in [-0.15, -0.1) is 0 Å². The van der Waals surface area contributed by atoms with Crippen molar-refractivity contribution in [2.75, 3.05) is 5.32 Å². The average molecular weight is 245 g/mol. The Morgan fingerprint density at radius 2 is 1.71 bits per heavy atom. The summed E-state index contributed by atoms with van der Waals surface area (Å²) in [6.07, 6.45) is -4.56. The van der Waals surface area contributed by atoms with Crippen LogP contribution in [0.15, 0.2) is 18.2 Å². The summed E-state index contributed by atoms with van der Waals surface area (Å²) >= 11 is 0. The van der Waals surface area contributed by atoms with E-state index in [-0.39, 0.29) is 11.3 Å². The van der Waals surface area contributed by atoms with Crippen molar-refractivity contribution in [1.82, 2.24) is 0 Å². The number of hydrogen-bond acceptors (Lipinski definition) is 2. The van der Waals surface area contributed by atoms with Crippen LogP contribution in [0.5, 0.6) is 0 Å². The van der Waals surface area contributed by atoms with Crippen LogP contribution in [0.1, 0.15) is 29.8 Å². The van der Waals surface area contributed by atoms with E-state index in [1.807, 2.05) is 0 Å². The zero-order valence-corrected chi connectivity index (χ0v) is 9.18. The Morgan fingerprint density at radius 1 is 1.12 bits per heavy atom. The lowest BCUT2D eigenvalue weighted by Gasteiger charge is -2.11. The first-order chi connectivity index (χ1) is 7.70. The van der Waals surface area contributed by atoms with Gasteiger partial charge in [0.25, 0.3) is 0 Å². The molecule has 0 spiro atoms. The predicted molar refractivity (Wildman–Crippen MR) is 55.8 cm³/mol. The molecule has 0 heterocycles. The molecular weight excluding hydrogens is 235 g/mol. The number of alkyl halides is 3. The van der Waals surface area contributed by atoms with E-state index in [9.17, 15) is 22.8 Å². The van der Waals surface area contributed by atoms with Crippen LogP contribution in [-0.2, 0) is 11.0 Å². The summed E-state index contributed by atoms with van der Waals surface area (Å²) in [7, 11) is 0. The molecule has 0 unspecified atom stereocenters. The van der Waals surface area contributed by atoms with Gasteiger partial charge in [-0.05, 0) is 25.1 Å². The lowest BCUT2D eigenvalue weighted by molar-refractivity contribution is -0.137. The number of halogens is 3. The van der Waals surface area contributed by atoms with Gasteiger partial charge < -0.3 is 5.32 Å². The minimum Gasteiger partial charge on any atom is -0.326 e. The molecule has 17 heavy (non-hydrogen) atoms. The standard InChI is InChI=1S/C11H10F3NO2/c1-6(16)8-3-9(11(12,13)14)5-10(4-8)15-7(2)17/h3-5H,1-2H3,(H,15,17). The third kappa shape index (κ3) is 3.58. The summed E-state index contributed by atoms with van der Waals surface area (Å²) in [5, 5.41) is 2.22. The number of rotatable bonds is 2. The quantitative estimate of drug-likeness (QED) is 0.814. The van der Waals surface area contributed by atoms with Gasteiger partial charge in [-0.1, -0.05) is 0 Å². The highest BCUT2D eigenvalue weighted by atomic mass is 19.4. The minimum atomic E-state index is -4.56. The van der Waals surface area contributed by atoms with Crippen molar-refractivity contribution in [2.45, 2.75) is 20.0 Å². The van der Waals surface area contributed by atoms with Crippen LogP contribution >= 0.6 is 0 Å². The highest BCUT2D eigenvalue weighted by Crippen LogP contribution is 2.32. The Bertz CT molecular complexity index is 466. The van der Waals surface area contributed by atoms with Gasteiger partial charge in [-0.2, -0.15) is 13.2 Å². The smallest absolute Gasteiger partial charge is 0.326 e. The van der Waals surface area contributed by atoms with Gasteiger partial charge >= 0.3 is 6.18 Å². The lowest BCUT2D eigenvalue weighted by atomic mass is 10.1. The van der Waals surface area contributed by atoms with E-state index in [1.165, 1.54) is 13.0 Å². The third-order valence-electron chi connectivity index (χ3n) is 1.99. The molecule has 0 aliphatic rings. The van der Waals surface area contributed by atoms with E-state index in [4.69, 9.17) is 0 Å². The molecule has 1 aromatic carbocycles. The first-order valence-electron chi connectivity index (χ1n) is 4.71. The number of hydrogen-bond donors (Lipinski definition) is 1. The Morgan fingerprint density at radius 3 is 2.12 bits per heavy atom. The number of carbonyl (C=O) groups is 2. The first kappa shape index (κ1) is 13.2. The van der Waals surface area contributed by atoms with Gasteiger partial charge in [-0.25, -0.2) is 0 Å². The van der Waals surface area contributed by atoms with Crippen LogP contribution in [0, 0.1) is 0 Å². The van der Waals surface area contributed by atoms with E-state index in [2.05, 4.69) is 5.32 Å². The van der Waals surface area contributed by atoms with Crippen molar-refractivity contribution in [3.8, 4) is 0 Å². The van der Waals surface area contributed by atoms with E-state index >= 15 is 0 Å². The molecule has 92 valence electrons. The fourth-order valence-corrected chi connectivity index (χ4v) is 1.27. The summed E-state index contributed by atoms with van der Waals surface area (Å²) in [5.74, 6) is -0.999. The normalized spacial score (nSPS) is 11.1. The number of Topliss-reactive ketones (excluding diaryl/α,β-unsaturated/α-hetero) is 1. The van der Waals surface area contributed by atoms with Gasteiger partial charge in [0.15, 0.2) is 5.78 Å². The average Bonchev–Trinajstić information content (AvgIpc) is 2.14. The number of amides is 1. The van der Waals surface area contributed by atoms with Crippen molar-refractivity contribution < 1.29 is 22.8 Å². The molecule has 6 heteroatoms. The molecule has 1 aromatic rings. The molecule has 0 saturated carbocycles. The maximum absolute atomic E-state index is 12.5. The van der Waals surface area contributed by atoms with Crippen LogP contribution in [0.4, 0.5) is 18.9 Å². The van der Waals surface area contributed by atoms with E-state index in [1.54, 1.807) is 0 Å². The van der Waals surface area contributed by atoms with Gasteiger partial charge in [-0.3, -0.25) is 9.59 Å². The monoisotopic (exact) mass is 245 g/mol. The van der Waals surface area contributed by atoms with E-state index in [0.717, 1.165) is 19.1 Å². The second kappa shape index (κ2) is 4.57. The zero-order valence-electron chi connectivity index (χ0n) is 9.18. The number of ketones is 1. The van der Waals surface area contributed by atoms with Crippen molar-refractivity contribution >= 4 is 17.4 Å². The molecule has 0 aromatic heterocycles. The second-order valence-electron chi connectivity index (χ2n) is 3.53. The molecule has 0 aliphatic carbocycles. The topological polar surface area (TPSA) is 46.2 Å². The second-order valence-corrected chi connectivity index (χ2v) is 3.53. The van der Waals surface area contributed by atoms with Crippen molar-refractivity contribution in [2.24, 2.45) is 0 Å². The SMILES string of the molecule is CC(=O)Nc1cc(C(C)=O)cc(C(F)(F)F)c1. The molecule has 0 fully saturated rings. The van der Waals surface area contributed by atoms with Crippen molar-refractivity contribution in [3.05, 3.63) is 29.3 Å². The van der Waals surface area contributed by atoms with E-state index < -0.39 is 23.4 Å². The van der Waals surface area contributed by atoms with Gasteiger partial charge in [0.05, 0.1) is 5.56 Å². The van der Waals surface area contributed by atoms with Crippen molar-refractivity contribution in [1.29, 1.82) is 0 Å². The van der Waals surface area contributed by atoms with Crippen LogP contribution in [0.2, 0.25) is 0 Å². The first-order valence-corrected chi connectivity index (χ1v) is 4.71. The van der Waals surface area contributed by atoms with Gasteiger partial charge in [0, 0.05) is 18.2 Å². The van der Waals surface area contributed by atoms with Crippen molar-refractivity contribution in [3.63, 3.8) is 0 Å². The van der Waals surface area contributed by atoms with E-state index in [0.29, 0.717) is 0 Å². The Hall–Kier alpha value is -1.85. The maximum Gasteiger partial charge on any atom is 0.416 e. The number of nitrogens with one attached hydrogen (secondary N) is 1. The lowest BCUT2D eigenvalue weighted by Crippen LogP contribution is -2.11.